The van der Waals surface area contributed by atoms with E-state index in [1.54, 1.807) is 30.0 Å². The molecule has 0 spiro atoms. The van der Waals surface area contributed by atoms with Crippen molar-refractivity contribution in [3.05, 3.63) is 35.6 Å². The zero-order chi connectivity index (χ0) is 17.9. The minimum Gasteiger partial charge on any atom is -0.338 e. The van der Waals surface area contributed by atoms with Gasteiger partial charge in [0.25, 0.3) is 0 Å². The number of nitrogens with zero attached hydrogens (tertiary/aromatic N) is 1. The number of hydrogen-bond acceptors (Lipinski definition) is 4. The van der Waals surface area contributed by atoms with Crippen molar-refractivity contribution < 1.29 is 17.6 Å². The molecule has 2 rings (SSSR count). The lowest BCUT2D eigenvalue weighted by molar-refractivity contribution is -0.131. The molecule has 1 saturated heterocycles. The van der Waals surface area contributed by atoms with Crippen molar-refractivity contribution in [3.63, 3.8) is 0 Å². The van der Waals surface area contributed by atoms with Gasteiger partial charge in [-0.1, -0.05) is 18.2 Å². The van der Waals surface area contributed by atoms with Gasteiger partial charge in [0.2, 0.25) is 5.91 Å². The first-order valence-corrected chi connectivity index (χ1v) is 10.9. The summed E-state index contributed by atoms with van der Waals surface area (Å²) in [5, 5.41) is -0.515. The highest BCUT2D eigenvalue weighted by molar-refractivity contribution is 8.00. The molecule has 0 aliphatic carbocycles. The van der Waals surface area contributed by atoms with E-state index in [1.165, 1.54) is 17.8 Å². The van der Waals surface area contributed by atoms with Crippen molar-refractivity contribution in [3.8, 4) is 0 Å². The first kappa shape index (κ1) is 19.2. The summed E-state index contributed by atoms with van der Waals surface area (Å²) >= 11 is 1.40. The Hall–Kier alpha value is -1.08. The quantitative estimate of drug-likeness (QED) is 0.769. The monoisotopic (exact) mass is 373 g/mol. The third-order valence-electron chi connectivity index (χ3n) is 4.37. The predicted octanol–water partition coefficient (Wildman–Crippen LogP) is 3.04. The van der Waals surface area contributed by atoms with Gasteiger partial charge < -0.3 is 4.90 Å². The number of rotatable bonds is 6. The van der Waals surface area contributed by atoms with Crippen molar-refractivity contribution in [2.24, 2.45) is 0 Å². The normalized spacial score (nSPS) is 22.1. The molecule has 4 nitrogen and oxygen atoms in total. The number of thioether (sulfide) groups is 1. The molecule has 1 amide bonds. The van der Waals surface area contributed by atoms with Crippen molar-refractivity contribution in [2.75, 3.05) is 18.1 Å². The Morgan fingerprint density at radius 3 is 2.58 bits per heavy atom. The van der Waals surface area contributed by atoms with E-state index in [0.717, 1.165) is 0 Å². The van der Waals surface area contributed by atoms with Crippen LogP contribution >= 0.6 is 11.8 Å². The molecule has 1 aliphatic heterocycles. The minimum absolute atomic E-state index is 0.0484. The van der Waals surface area contributed by atoms with E-state index >= 15 is 0 Å². The Bertz CT molecular complexity index is 693. The average molecular weight is 374 g/mol. The largest absolute Gasteiger partial charge is 0.338 e. The van der Waals surface area contributed by atoms with Crippen molar-refractivity contribution in [1.82, 2.24) is 4.90 Å². The number of halogens is 1. The van der Waals surface area contributed by atoms with E-state index in [0.29, 0.717) is 18.5 Å². The van der Waals surface area contributed by atoms with Crippen LogP contribution in [0.5, 0.6) is 0 Å². The fourth-order valence-electron chi connectivity index (χ4n) is 3.09. The summed E-state index contributed by atoms with van der Waals surface area (Å²) < 4.78 is 37.2. The summed E-state index contributed by atoms with van der Waals surface area (Å²) in [6, 6.07) is 6.33. The maximum Gasteiger partial charge on any atom is 0.235 e. The first-order valence-electron chi connectivity index (χ1n) is 8.16. The highest BCUT2D eigenvalue weighted by Crippen LogP contribution is 2.34. The Morgan fingerprint density at radius 2 is 2.04 bits per heavy atom. The number of carbonyl (C=O) groups is 1. The summed E-state index contributed by atoms with van der Waals surface area (Å²) in [5.41, 5.74) is 0.577. The minimum atomic E-state index is -3.03. The van der Waals surface area contributed by atoms with Crippen LogP contribution in [0.15, 0.2) is 24.3 Å². The molecule has 0 saturated carbocycles. The van der Waals surface area contributed by atoms with Gasteiger partial charge in [0, 0.05) is 23.4 Å². The molecule has 1 aliphatic rings. The van der Waals surface area contributed by atoms with Crippen LogP contribution in [0, 0.1) is 5.82 Å². The van der Waals surface area contributed by atoms with Gasteiger partial charge in [0.15, 0.2) is 9.84 Å². The van der Waals surface area contributed by atoms with E-state index in [2.05, 4.69) is 0 Å². The smallest absolute Gasteiger partial charge is 0.235 e. The van der Waals surface area contributed by atoms with Gasteiger partial charge in [-0.2, -0.15) is 0 Å². The van der Waals surface area contributed by atoms with Crippen molar-refractivity contribution >= 4 is 27.5 Å². The van der Waals surface area contributed by atoms with E-state index in [9.17, 15) is 17.6 Å². The summed E-state index contributed by atoms with van der Waals surface area (Å²) in [4.78, 5) is 14.4. The number of amides is 1. The van der Waals surface area contributed by atoms with Gasteiger partial charge in [-0.15, -0.1) is 11.8 Å². The lowest BCUT2D eigenvalue weighted by Crippen LogP contribution is -2.44. The maximum absolute atomic E-state index is 13.9. The molecule has 1 aromatic rings. The molecular formula is C17H24FNO3S2. The van der Waals surface area contributed by atoms with E-state index < -0.39 is 9.84 Å². The number of carbonyl (C=O) groups excluding carboxylic acids is 1. The Balaban J connectivity index is 2.04. The van der Waals surface area contributed by atoms with E-state index in [-0.39, 0.29) is 39.8 Å². The molecule has 0 N–H and O–H groups in total. The fraction of sp³-hybridized carbons (Fsp3) is 0.588. The van der Waals surface area contributed by atoms with Crippen molar-refractivity contribution in [1.29, 1.82) is 0 Å². The molecule has 134 valence electrons. The van der Waals surface area contributed by atoms with Crippen LogP contribution in [0.4, 0.5) is 4.39 Å². The van der Waals surface area contributed by atoms with Gasteiger partial charge in [-0.05, 0) is 33.3 Å². The second-order valence-electron chi connectivity index (χ2n) is 6.12. The zero-order valence-corrected chi connectivity index (χ0v) is 15.9. The van der Waals surface area contributed by atoms with Crippen LogP contribution in [0.1, 0.15) is 38.0 Å². The second kappa shape index (κ2) is 7.87. The van der Waals surface area contributed by atoms with Crippen molar-refractivity contribution in [2.45, 2.75) is 43.7 Å². The summed E-state index contributed by atoms with van der Waals surface area (Å²) in [6.07, 6.45) is 0.502. The third-order valence-corrected chi connectivity index (χ3v) is 7.39. The first-order chi connectivity index (χ1) is 11.2. The lowest BCUT2D eigenvalue weighted by atomic mass is 10.1. The number of benzene rings is 1. The summed E-state index contributed by atoms with van der Waals surface area (Å²) in [6.45, 7) is 6.03. The van der Waals surface area contributed by atoms with Crippen LogP contribution < -0.4 is 0 Å². The predicted molar refractivity (Wildman–Crippen MR) is 96.3 cm³/mol. The second-order valence-corrected chi connectivity index (χ2v) is 10.0. The standard InChI is InChI=1S/C17H24FNO3S2/c1-4-19(14-9-10-24(21,22)11-14)17(20)13(3)23-12(2)15-7-5-6-8-16(15)18/h5-8,12-14H,4,9-11H2,1-3H3. The molecule has 1 fully saturated rings. The molecule has 24 heavy (non-hydrogen) atoms. The van der Waals surface area contributed by atoms with Crippen LogP contribution in [0.3, 0.4) is 0 Å². The van der Waals surface area contributed by atoms with Crippen LogP contribution in [0.2, 0.25) is 0 Å². The van der Waals surface area contributed by atoms with Gasteiger partial charge in [0.1, 0.15) is 5.82 Å². The van der Waals surface area contributed by atoms with Gasteiger partial charge in [0.05, 0.1) is 16.8 Å². The van der Waals surface area contributed by atoms with E-state index in [1.807, 2.05) is 13.8 Å². The topological polar surface area (TPSA) is 54.5 Å². The summed E-state index contributed by atoms with van der Waals surface area (Å²) in [7, 11) is -3.03. The molecular weight excluding hydrogens is 349 g/mol. The molecule has 3 unspecified atom stereocenters. The lowest BCUT2D eigenvalue weighted by Gasteiger charge is -2.30. The maximum atomic E-state index is 13.9. The third kappa shape index (κ3) is 4.51. The zero-order valence-electron chi connectivity index (χ0n) is 14.2. The Labute approximate surface area is 147 Å². The number of sulfone groups is 1. The highest BCUT2D eigenvalue weighted by Gasteiger charge is 2.35. The van der Waals surface area contributed by atoms with Gasteiger partial charge in [-0.25, -0.2) is 12.8 Å². The van der Waals surface area contributed by atoms with Crippen LogP contribution in [-0.4, -0.2) is 48.6 Å². The van der Waals surface area contributed by atoms with Crippen LogP contribution in [-0.2, 0) is 14.6 Å². The Morgan fingerprint density at radius 1 is 1.38 bits per heavy atom. The van der Waals surface area contributed by atoms with E-state index in [4.69, 9.17) is 0 Å². The van der Waals surface area contributed by atoms with Crippen LogP contribution in [0.25, 0.3) is 0 Å². The number of hydrogen-bond donors (Lipinski definition) is 0. The SMILES string of the molecule is CCN(C(=O)C(C)SC(C)c1ccccc1F)C1CCS(=O)(=O)C1. The average Bonchev–Trinajstić information content (AvgIpc) is 2.88. The summed E-state index contributed by atoms with van der Waals surface area (Å²) in [5.74, 6) is -0.152. The molecule has 1 heterocycles. The molecule has 0 aromatic heterocycles. The highest BCUT2D eigenvalue weighted by atomic mass is 32.2. The Kier molecular flexibility index (Phi) is 6.31. The fourth-order valence-corrected chi connectivity index (χ4v) is 6.02. The molecule has 3 atom stereocenters. The molecule has 1 aromatic carbocycles. The van der Waals surface area contributed by atoms with Gasteiger partial charge >= 0.3 is 0 Å². The molecule has 0 radical (unpaired) electrons. The van der Waals surface area contributed by atoms with Gasteiger partial charge in [-0.3, -0.25) is 4.79 Å². The molecule has 7 heteroatoms. The molecule has 0 bridgehead atoms.